The average Bonchev–Trinajstić information content (AvgIpc) is 2.30. The zero-order chi connectivity index (χ0) is 9.80. The van der Waals surface area contributed by atoms with Gasteiger partial charge in [0.15, 0.2) is 0 Å². The van der Waals surface area contributed by atoms with Gasteiger partial charge in [0, 0.05) is 0 Å². The van der Waals surface area contributed by atoms with E-state index in [2.05, 4.69) is 17.5 Å². The minimum absolute atomic E-state index is 0.643. The van der Waals surface area contributed by atoms with Gasteiger partial charge in [-0.3, -0.25) is 0 Å². The molecule has 1 saturated heterocycles. The molecule has 72 valence electrons. The molecular formula is C12H14N2. The van der Waals surface area contributed by atoms with Crippen LogP contribution in [-0.4, -0.2) is 13.1 Å². The summed E-state index contributed by atoms with van der Waals surface area (Å²) < 4.78 is 0. The number of piperidine rings is 1. The Morgan fingerprint density at radius 1 is 1.29 bits per heavy atom. The van der Waals surface area contributed by atoms with Crippen LogP contribution in [0.15, 0.2) is 24.3 Å². The number of nitriles is 1. The van der Waals surface area contributed by atoms with Gasteiger partial charge in [-0.1, -0.05) is 12.1 Å². The summed E-state index contributed by atoms with van der Waals surface area (Å²) in [6.07, 6.45) is 2.38. The molecular weight excluding hydrogens is 172 g/mol. The minimum Gasteiger partial charge on any atom is -0.317 e. The zero-order valence-electron chi connectivity index (χ0n) is 8.16. The fraction of sp³-hybridized carbons (Fsp3) is 0.417. The van der Waals surface area contributed by atoms with Crippen LogP contribution in [0.2, 0.25) is 0 Å². The van der Waals surface area contributed by atoms with Crippen molar-refractivity contribution < 1.29 is 0 Å². The third-order valence-electron chi connectivity index (χ3n) is 2.83. The molecule has 0 aliphatic carbocycles. The molecule has 1 aliphatic heterocycles. The van der Waals surface area contributed by atoms with Crippen LogP contribution < -0.4 is 5.32 Å². The zero-order valence-corrected chi connectivity index (χ0v) is 8.16. The fourth-order valence-corrected chi connectivity index (χ4v) is 2.02. The van der Waals surface area contributed by atoms with Gasteiger partial charge in [0.2, 0.25) is 0 Å². The predicted molar refractivity (Wildman–Crippen MR) is 56.0 cm³/mol. The van der Waals surface area contributed by atoms with Gasteiger partial charge in [-0.05, 0) is 49.5 Å². The molecule has 1 fully saturated rings. The molecule has 2 heteroatoms. The lowest BCUT2D eigenvalue weighted by molar-refractivity contribution is 0.460. The van der Waals surface area contributed by atoms with E-state index in [1.165, 1.54) is 18.4 Å². The Morgan fingerprint density at radius 3 is 2.79 bits per heavy atom. The summed E-state index contributed by atoms with van der Waals surface area (Å²) in [6.45, 7) is 2.20. The topological polar surface area (TPSA) is 35.8 Å². The third kappa shape index (κ3) is 1.94. The third-order valence-corrected chi connectivity index (χ3v) is 2.83. The van der Waals surface area contributed by atoms with Crippen molar-refractivity contribution in [3.63, 3.8) is 0 Å². The summed E-state index contributed by atoms with van der Waals surface area (Å²) in [6, 6.07) is 10.2. The van der Waals surface area contributed by atoms with E-state index in [-0.39, 0.29) is 0 Å². The highest BCUT2D eigenvalue weighted by Crippen LogP contribution is 2.25. The highest BCUT2D eigenvalue weighted by atomic mass is 14.9. The Morgan fingerprint density at radius 2 is 2.07 bits per heavy atom. The second kappa shape index (κ2) is 4.26. The largest absolute Gasteiger partial charge is 0.317 e. The standard InChI is InChI=1S/C12H14N2/c13-9-10-2-1-3-12(8-10)11-4-6-14-7-5-11/h1-3,8,11,14H,4-7H2. The van der Waals surface area contributed by atoms with Crippen LogP contribution in [0.25, 0.3) is 0 Å². The van der Waals surface area contributed by atoms with Crippen LogP contribution in [0.5, 0.6) is 0 Å². The van der Waals surface area contributed by atoms with E-state index in [1.54, 1.807) is 0 Å². The number of hydrogen-bond acceptors (Lipinski definition) is 2. The van der Waals surface area contributed by atoms with E-state index in [9.17, 15) is 0 Å². The Balaban J connectivity index is 2.18. The molecule has 0 spiro atoms. The van der Waals surface area contributed by atoms with Crippen molar-refractivity contribution in [2.24, 2.45) is 0 Å². The van der Waals surface area contributed by atoms with E-state index in [0.29, 0.717) is 5.92 Å². The summed E-state index contributed by atoms with van der Waals surface area (Å²) >= 11 is 0. The van der Waals surface area contributed by atoms with E-state index in [1.807, 2.05) is 18.2 Å². The van der Waals surface area contributed by atoms with Gasteiger partial charge in [0.1, 0.15) is 0 Å². The van der Waals surface area contributed by atoms with Crippen LogP contribution >= 0.6 is 0 Å². The van der Waals surface area contributed by atoms with Gasteiger partial charge in [-0.25, -0.2) is 0 Å². The summed E-state index contributed by atoms with van der Waals surface area (Å²) in [4.78, 5) is 0. The van der Waals surface area contributed by atoms with Crippen molar-refractivity contribution >= 4 is 0 Å². The normalized spacial score (nSPS) is 17.6. The molecule has 14 heavy (non-hydrogen) atoms. The molecule has 1 aromatic rings. The molecule has 0 radical (unpaired) electrons. The van der Waals surface area contributed by atoms with Crippen molar-refractivity contribution in [3.8, 4) is 6.07 Å². The maximum Gasteiger partial charge on any atom is 0.0991 e. The van der Waals surface area contributed by atoms with E-state index >= 15 is 0 Å². The molecule has 1 aromatic carbocycles. The first kappa shape index (κ1) is 9.23. The van der Waals surface area contributed by atoms with Crippen LogP contribution in [0, 0.1) is 11.3 Å². The molecule has 0 atom stereocenters. The molecule has 2 nitrogen and oxygen atoms in total. The molecule has 0 unspecified atom stereocenters. The van der Waals surface area contributed by atoms with Crippen LogP contribution in [-0.2, 0) is 0 Å². The summed E-state index contributed by atoms with van der Waals surface area (Å²) in [5, 5.41) is 12.1. The molecule has 1 aliphatic rings. The first-order valence-electron chi connectivity index (χ1n) is 5.11. The smallest absolute Gasteiger partial charge is 0.0991 e. The fourth-order valence-electron chi connectivity index (χ4n) is 2.02. The van der Waals surface area contributed by atoms with Crippen LogP contribution in [0.4, 0.5) is 0 Å². The highest BCUT2D eigenvalue weighted by molar-refractivity contribution is 5.34. The van der Waals surface area contributed by atoms with Gasteiger partial charge in [-0.2, -0.15) is 5.26 Å². The molecule has 0 saturated carbocycles. The van der Waals surface area contributed by atoms with E-state index in [0.717, 1.165) is 18.7 Å². The van der Waals surface area contributed by atoms with Crippen LogP contribution in [0.1, 0.15) is 29.9 Å². The second-order valence-electron chi connectivity index (χ2n) is 3.76. The van der Waals surface area contributed by atoms with Gasteiger partial charge in [-0.15, -0.1) is 0 Å². The monoisotopic (exact) mass is 186 g/mol. The molecule has 1 N–H and O–H groups in total. The Hall–Kier alpha value is -1.33. The second-order valence-corrected chi connectivity index (χ2v) is 3.76. The highest BCUT2D eigenvalue weighted by Gasteiger charge is 2.14. The van der Waals surface area contributed by atoms with Gasteiger partial charge in [0.25, 0.3) is 0 Å². The Bertz CT molecular complexity index is 346. The van der Waals surface area contributed by atoms with Gasteiger partial charge >= 0.3 is 0 Å². The first-order chi connectivity index (χ1) is 6.90. The Kier molecular flexibility index (Phi) is 2.81. The quantitative estimate of drug-likeness (QED) is 0.728. The van der Waals surface area contributed by atoms with Gasteiger partial charge < -0.3 is 5.32 Å². The molecule has 0 bridgehead atoms. The average molecular weight is 186 g/mol. The molecule has 0 amide bonds. The lowest BCUT2D eigenvalue weighted by Crippen LogP contribution is -2.26. The minimum atomic E-state index is 0.643. The van der Waals surface area contributed by atoms with Crippen molar-refractivity contribution in [2.45, 2.75) is 18.8 Å². The predicted octanol–water partition coefficient (Wildman–Crippen LogP) is 2.03. The maximum absolute atomic E-state index is 8.80. The lowest BCUT2D eigenvalue weighted by atomic mass is 9.89. The summed E-state index contributed by atoms with van der Waals surface area (Å²) in [5.41, 5.74) is 2.10. The first-order valence-corrected chi connectivity index (χ1v) is 5.11. The van der Waals surface area contributed by atoms with E-state index < -0.39 is 0 Å². The number of nitrogens with one attached hydrogen (secondary N) is 1. The number of nitrogens with zero attached hydrogens (tertiary/aromatic N) is 1. The van der Waals surface area contributed by atoms with Crippen molar-refractivity contribution in [1.82, 2.24) is 5.32 Å². The number of rotatable bonds is 1. The molecule has 2 rings (SSSR count). The van der Waals surface area contributed by atoms with Gasteiger partial charge in [0.05, 0.1) is 11.6 Å². The lowest BCUT2D eigenvalue weighted by Gasteiger charge is -2.22. The summed E-state index contributed by atoms with van der Waals surface area (Å²) in [7, 11) is 0. The van der Waals surface area contributed by atoms with E-state index in [4.69, 9.17) is 5.26 Å². The SMILES string of the molecule is N#Cc1cccc(C2CCNCC2)c1. The van der Waals surface area contributed by atoms with Crippen molar-refractivity contribution in [1.29, 1.82) is 5.26 Å². The maximum atomic E-state index is 8.80. The molecule has 0 aromatic heterocycles. The van der Waals surface area contributed by atoms with Crippen molar-refractivity contribution in [2.75, 3.05) is 13.1 Å². The Labute approximate surface area is 84.6 Å². The number of hydrogen-bond donors (Lipinski definition) is 1. The van der Waals surface area contributed by atoms with Crippen LogP contribution in [0.3, 0.4) is 0 Å². The number of benzene rings is 1. The molecule has 1 heterocycles. The summed E-state index contributed by atoms with van der Waals surface area (Å²) in [5.74, 6) is 0.643. The van der Waals surface area contributed by atoms with Crippen molar-refractivity contribution in [3.05, 3.63) is 35.4 Å².